The van der Waals surface area contributed by atoms with Gasteiger partial charge in [0.25, 0.3) is 0 Å². The van der Waals surface area contributed by atoms with Crippen molar-refractivity contribution in [2.45, 2.75) is 6.92 Å². The van der Waals surface area contributed by atoms with Gasteiger partial charge in [-0.1, -0.05) is 60.7 Å². The molecular formula is C19H16O3. The second-order valence-electron chi connectivity index (χ2n) is 4.81. The Balaban J connectivity index is 2.11. The zero-order chi connectivity index (χ0) is 15.4. The molecule has 110 valence electrons. The molecule has 0 bridgehead atoms. The molecule has 3 rings (SSSR count). The highest BCUT2D eigenvalue weighted by Gasteiger charge is 2.20. The molecule has 0 aliphatic carbocycles. The van der Waals surface area contributed by atoms with Crippen molar-refractivity contribution in [2.75, 3.05) is 6.61 Å². The topological polar surface area (TPSA) is 39.4 Å². The van der Waals surface area contributed by atoms with Crippen LogP contribution in [0.2, 0.25) is 0 Å². The van der Waals surface area contributed by atoms with Crippen molar-refractivity contribution in [3.63, 3.8) is 0 Å². The number of carbonyl (C=O) groups excluding carboxylic acids is 1. The fourth-order valence-corrected chi connectivity index (χ4v) is 2.30. The van der Waals surface area contributed by atoms with Gasteiger partial charge >= 0.3 is 5.97 Å². The largest absolute Gasteiger partial charge is 0.462 e. The molecule has 0 radical (unpaired) electrons. The molecule has 2 aromatic carbocycles. The molecule has 3 heteroatoms. The summed E-state index contributed by atoms with van der Waals surface area (Å²) in [7, 11) is 0. The van der Waals surface area contributed by atoms with Crippen molar-refractivity contribution < 1.29 is 13.9 Å². The normalized spacial score (nSPS) is 10.4. The molecule has 1 aromatic heterocycles. The average molecular weight is 292 g/mol. The van der Waals surface area contributed by atoms with E-state index >= 15 is 0 Å². The lowest BCUT2D eigenvalue weighted by Crippen LogP contribution is -2.04. The number of hydrogen-bond donors (Lipinski definition) is 0. The minimum absolute atomic E-state index is 0.332. The number of ether oxygens (including phenoxy) is 1. The average Bonchev–Trinajstić information content (AvgIpc) is 3.02. The molecule has 1 heterocycles. The number of esters is 1. The van der Waals surface area contributed by atoms with Crippen LogP contribution in [-0.4, -0.2) is 12.6 Å². The van der Waals surface area contributed by atoms with E-state index in [9.17, 15) is 4.79 Å². The Bertz CT molecular complexity index is 758. The standard InChI is InChI=1S/C19H16O3/c1-2-21-19(20)16-13-17(14-9-5-3-6-10-14)22-18(16)15-11-7-4-8-12-15/h3-13H,2H2,1H3. The van der Waals surface area contributed by atoms with Crippen LogP contribution in [0.5, 0.6) is 0 Å². The zero-order valence-corrected chi connectivity index (χ0v) is 12.3. The van der Waals surface area contributed by atoms with Crippen molar-refractivity contribution in [3.8, 4) is 22.6 Å². The monoisotopic (exact) mass is 292 g/mol. The maximum Gasteiger partial charge on any atom is 0.342 e. The molecule has 0 amide bonds. The first-order chi connectivity index (χ1) is 10.8. The number of furan rings is 1. The maximum absolute atomic E-state index is 12.2. The highest BCUT2D eigenvalue weighted by Crippen LogP contribution is 2.33. The van der Waals surface area contributed by atoms with Gasteiger partial charge in [0.1, 0.15) is 17.1 Å². The number of carbonyl (C=O) groups is 1. The first-order valence-corrected chi connectivity index (χ1v) is 7.21. The van der Waals surface area contributed by atoms with Gasteiger partial charge in [-0.15, -0.1) is 0 Å². The third kappa shape index (κ3) is 2.79. The minimum atomic E-state index is -0.368. The van der Waals surface area contributed by atoms with E-state index in [1.54, 1.807) is 13.0 Å². The molecule has 0 saturated carbocycles. The number of rotatable bonds is 4. The summed E-state index contributed by atoms with van der Waals surface area (Å²) in [6, 6.07) is 21.0. The minimum Gasteiger partial charge on any atom is -0.462 e. The Morgan fingerprint density at radius 2 is 1.55 bits per heavy atom. The smallest absolute Gasteiger partial charge is 0.342 e. The van der Waals surface area contributed by atoms with E-state index in [4.69, 9.17) is 9.15 Å². The Morgan fingerprint density at radius 1 is 0.955 bits per heavy atom. The third-order valence-electron chi connectivity index (χ3n) is 3.32. The highest BCUT2D eigenvalue weighted by atomic mass is 16.5. The van der Waals surface area contributed by atoms with Crippen LogP contribution in [0.4, 0.5) is 0 Å². The fraction of sp³-hybridized carbons (Fsp3) is 0.105. The predicted molar refractivity (Wildman–Crippen MR) is 85.5 cm³/mol. The van der Waals surface area contributed by atoms with Gasteiger partial charge in [-0.2, -0.15) is 0 Å². The summed E-state index contributed by atoms with van der Waals surface area (Å²) in [6.07, 6.45) is 0. The Labute approximate surface area is 129 Å². The summed E-state index contributed by atoms with van der Waals surface area (Å²) in [4.78, 5) is 12.2. The summed E-state index contributed by atoms with van der Waals surface area (Å²) in [6.45, 7) is 2.12. The highest BCUT2D eigenvalue weighted by molar-refractivity contribution is 5.97. The first-order valence-electron chi connectivity index (χ1n) is 7.21. The number of hydrogen-bond acceptors (Lipinski definition) is 3. The Hall–Kier alpha value is -2.81. The fourth-order valence-electron chi connectivity index (χ4n) is 2.30. The lowest BCUT2D eigenvalue weighted by molar-refractivity contribution is 0.0527. The zero-order valence-electron chi connectivity index (χ0n) is 12.3. The molecule has 0 atom stereocenters. The molecule has 22 heavy (non-hydrogen) atoms. The quantitative estimate of drug-likeness (QED) is 0.649. The first kappa shape index (κ1) is 14.1. The van der Waals surface area contributed by atoms with E-state index in [1.165, 1.54) is 0 Å². The molecular weight excluding hydrogens is 276 g/mol. The van der Waals surface area contributed by atoms with Crippen molar-refractivity contribution in [1.82, 2.24) is 0 Å². The van der Waals surface area contributed by atoms with E-state index in [0.29, 0.717) is 23.7 Å². The van der Waals surface area contributed by atoms with Gasteiger partial charge in [-0.3, -0.25) is 0 Å². The van der Waals surface area contributed by atoms with Crippen LogP contribution in [0.25, 0.3) is 22.6 Å². The van der Waals surface area contributed by atoms with Gasteiger partial charge in [-0.05, 0) is 13.0 Å². The van der Waals surface area contributed by atoms with Crippen LogP contribution in [-0.2, 0) is 4.74 Å². The van der Waals surface area contributed by atoms with Gasteiger partial charge < -0.3 is 9.15 Å². The van der Waals surface area contributed by atoms with Crippen LogP contribution in [0, 0.1) is 0 Å². The van der Waals surface area contributed by atoms with Crippen molar-refractivity contribution >= 4 is 5.97 Å². The SMILES string of the molecule is CCOC(=O)c1cc(-c2ccccc2)oc1-c1ccccc1. The summed E-state index contributed by atoms with van der Waals surface area (Å²) in [5.74, 6) is 0.827. The second-order valence-corrected chi connectivity index (χ2v) is 4.81. The van der Waals surface area contributed by atoms with E-state index in [1.807, 2.05) is 60.7 Å². The van der Waals surface area contributed by atoms with E-state index < -0.39 is 0 Å². The summed E-state index contributed by atoms with van der Waals surface area (Å²) < 4.78 is 11.1. The van der Waals surface area contributed by atoms with Gasteiger partial charge in [-0.25, -0.2) is 4.79 Å². The van der Waals surface area contributed by atoms with Crippen LogP contribution in [0.1, 0.15) is 17.3 Å². The molecule has 0 fully saturated rings. The lowest BCUT2D eigenvalue weighted by Gasteiger charge is -2.02. The predicted octanol–water partition coefficient (Wildman–Crippen LogP) is 4.79. The molecule has 3 aromatic rings. The second kappa shape index (κ2) is 6.31. The van der Waals surface area contributed by atoms with Gasteiger partial charge in [0, 0.05) is 11.1 Å². The summed E-state index contributed by atoms with van der Waals surface area (Å²) >= 11 is 0. The van der Waals surface area contributed by atoms with Crippen LogP contribution >= 0.6 is 0 Å². The van der Waals surface area contributed by atoms with Crippen LogP contribution < -0.4 is 0 Å². The Kier molecular flexibility index (Phi) is 4.05. The van der Waals surface area contributed by atoms with Crippen molar-refractivity contribution in [1.29, 1.82) is 0 Å². The van der Waals surface area contributed by atoms with Gasteiger partial charge in [0.15, 0.2) is 0 Å². The maximum atomic E-state index is 12.2. The van der Waals surface area contributed by atoms with E-state index in [2.05, 4.69) is 0 Å². The van der Waals surface area contributed by atoms with Crippen molar-refractivity contribution in [2.24, 2.45) is 0 Å². The molecule has 3 nitrogen and oxygen atoms in total. The molecule has 0 unspecified atom stereocenters. The van der Waals surface area contributed by atoms with E-state index in [0.717, 1.165) is 11.1 Å². The molecule has 0 saturated heterocycles. The molecule has 0 N–H and O–H groups in total. The molecule has 0 spiro atoms. The van der Waals surface area contributed by atoms with Gasteiger partial charge in [0.2, 0.25) is 0 Å². The van der Waals surface area contributed by atoms with Crippen LogP contribution in [0.3, 0.4) is 0 Å². The lowest BCUT2D eigenvalue weighted by atomic mass is 10.1. The van der Waals surface area contributed by atoms with Crippen molar-refractivity contribution in [3.05, 3.63) is 72.3 Å². The summed E-state index contributed by atoms with van der Waals surface area (Å²) in [5.41, 5.74) is 2.23. The number of benzene rings is 2. The summed E-state index contributed by atoms with van der Waals surface area (Å²) in [5, 5.41) is 0. The third-order valence-corrected chi connectivity index (χ3v) is 3.32. The Morgan fingerprint density at radius 3 is 2.14 bits per heavy atom. The van der Waals surface area contributed by atoms with Crippen LogP contribution in [0.15, 0.2) is 71.1 Å². The molecule has 0 aliphatic heterocycles. The van der Waals surface area contributed by atoms with E-state index in [-0.39, 0.29) is 5.97 Å². The molecule has 0 aliphatic rings. The van der Waals surface area contributed by atoms with Gasteiger partial charge in [0.05, 0.1) is 6.61 Å².